The van der Waals surface area contributed by atoms with Crippen molar-refractivity contribution in [2.24, 2.45) is 0 Å². The summed E-state index contributed by atoms with van der Waals surface area (Å²) in [6.45, 7) is 3.61. The summed E-state index contributed by atoms with van der Waals surface area (Å²) in [5, 5.41) is 3.36. The van der Waals surface area contributed by atoms with Crippen LogP contribution in [0.4, 0.5) is 0 Å². The van der Waals surface area contributed by atoms with E-state index in [0.717, 1.165) is 22.1 Å². The summed E-state index contributed by atoms with van der Waals surface area (Å²) in [4.78, 5) is 63.1. The quantitative estimate of drug-likeness (QED) is 0.622. The van der Waals surface area contributed by atoms with Crippen molar-refractivity contribution in [3.8, 4) is 0 Å². The number of nitrogens with zero attached hydrogens (tertiary/aromatic N) is 2. The SMILES string of the molecule is C=C1CCC(=O)N1OC(=O)CCNC(=O)CCN1C(=O)C=CC1=O. The van der Waals surface area contributed by atoms with Crippen molar-refractivity contribution in [1.29, 1.82) is 0 Å². The fraction of sp³-hybridized carbons (Fsp3) is 0.400. The van der Waals surface area contributed by atoms with Gasteiger partial charge in [-0.15, -0.1) is 5.06 Å². The zero-order valence-electron chi connectivity index (χ0n) is 12.9. The molecule has 0 atom stereocenters. The fourth-order valence-corrected chi connectivity index (χ4v) is 2.15. The van der Waals surface area contributed by atoms with Crippen LogP contribution in [0.15, 0.2) is 24.4 Å². The second-order valence-corrected chi connectivity index (χ2v) is 5.23. The third kappa shape index (κ3) is 4.28. The Morgan fingerprint density at radius 2 is 1.79 bits per heavy atom. The first-order valence-electron chi connectivity index (χ1n) is 7.40. The van der Waals surface area contributed by atoms with Gasteiger partial charge < -0.3 is 10.2 Å². The molecule has 0 unspecified atom stereocenters. The number of hydrogen-bond donors (Lipinski definition) is 1. The van der Waals surface area contributed by atoms with E-state index in [-0.39, 0.29) is 38.3 Å². The van der Waals surface area contributed by atoms with Crippen LogP contribution in [0.3, 0.4) is 0 Å². The summed E-state index contributed by atoms with van der Waals surface area (Å²) in [6.07, 6.45) is 2.81. The summed E-state index contributed by atoms with van der Waals surface area (Å²) in [7, 11) is 0. The summed E-state index contributed by atoms with van der Waals surface area (Å²) >= 11 is 0. The van der Waals surface area contributed by atoms with E-state index in [0.29, 0.717) is 12.1 Å². The Morgan fingerprint density at radius 3 is 2.38 bits per heavy atom. The maximum atomic E-state index is 11.6. The third-order valence-electron chi connectivity index (χ3n) is 3.45. The van der Waals surface area contributed by atoms with Gasteiger partial charge >= 0.3 is 5.97 Å². The lowest BCUT2D eigenvalue weighted by Gasteiger charge is -2.16. The zero-order chi connectivity index (χ0) is 17.7. The number of allylic oxidation sites excluding steroid dienone is 1. The average Bonchev–Trinajstić information content (AvgIpc) is 3.01. The molecular formula is C15H17N3O6. The predicted molar refractivity (Wildman–Crippen MR) is 79.4 cm³/mol. The number of carbonyl (C=O) groups excluding carboxylic acids is 5. The zero-order valence-corrected chi connectivity index (χ0v) is 12.9. The van der Waals surface area contributed by atoms with Gasteiger partial charge in [-0.1, -0.05) is 6.58 Å². The minimum atomic E-state index is -0.666. The summed E-state index contributed by atoms with van der Waals surface area (Å²) in [5.41, 5.74) is 0.422. The summed E-state index contributed by atoms with van der Waals surface area (Å²) < 4.78 is 0. The highest BCUT2D eigenvalue weighted by Crippen LogP contribution is 2.20. The Labute approximate surface area is 137 Å². The van der Waals surface area contributed by atoms with Crippen LogP contribution >= 0.6 is 0 Å². The smallest absolute Gasteiger partial charge is 0.334 e. The van der Waals surface area contributed by atoms with Crippen molar-refractivity contribution in [2.45, 2.75) is 25.7 Å². The molecule has 2 heterocycles. The maximum absolute atomic E-state index is 11.6. The molecule has 1 N–H and O–H groups in total. The fourth-order valence-electron chi connectivity index (χ4n) is 2.15. The highest BCUT2D eigenvalue weighted by molar-refractivity contribution is 6.13. The Kier molecular flexibility index (Phi) is 5.46. The molecule has 2 rings (SSSR count). The van der Waals surface area contributed by atoms with E-state index in [4.69, 9.17) is 4.84 Å². The van der Waals surface area contributed by atoms with Crippen LogP contribution in [0, 0.1) is 0 Å². The van der Waals surface area contributed by atoms with Crippen molar-refractivity contribution in [3.63, 3.8) is 0 Å². The molecule has 9 nitrogen and oxygen atoms in total. The number of carbonyl (C=O) groups is 5. The van der Waals surface area contributed by atoms with Gasteiger partial charge in [0, 0.05) is 38.1 Å². The van der Waals surface area contributed by atoms with Gasteiger partial charge in [0.15, 0.2) is 0 Å². The van der Waals surface area contributed by atoms with Crippen LogP contribution in [0.1, 0.15) is 25.7 Å². The predicted octanol–water partition coefficient (Wildman–Crippen LogP) is -0.598. The lowest BCUT2D eigenvalue weighted by atomic mass is 10.3. The van der Waals surface area contributed by atoms with Crippen molar-refractivity contribution >= 4 is 29.6 Å². The minimum absolute atomic E-state index is 0.0202. The molecule has 0 saturated carbocycles. The number of amides is 4. The highest BCUT2D eigenvalue weighted by Gasteiger charge is 2.28. The van der Waals surface area contributed by atoms with Crippen molar-refractivity contribution in [3.05, 3.63) is 24.4 Å². The molecule has 0 bridgehead atoms. The molecule has 0 aliphatic carbocycles. The van der Waals surface area contributed by atoms with Crippen molar-refractivity contribution < 1.29 is 28.8 Å². The van der Waals surface area contributed by atoms with Crippen LogP contribution in [0.5, 0.6) is 0 Å². The standard InChI is InChI=1S/C15H17N3O6/c1-10-2-3-14(22)18(10)24-15(23)6-8-16-11(19)7-9-17-12(20)4-5-13(17)21/h4-5H,1-3,6-9H2,(H,16,19). The van der Waals surface area contributed by atoms with Crippen LogP contribution in [0.2, 0.25) is 0 Å². The molecule has 4 amide bonds. The molecule has 0 aromatic heterocycles. The minimum Gasteiger partial charge on any atom is -0.355 e. The molecule has 128 valence electrons. The number of hydroxylamine groups is 2. The molecule has 0 radical (unpaired) electrons. The Hall–Kier alpha value is -2.97. The first-order chi connectivity index (χ1) is 11.4. The van der Waals surface area contributed by atoms with Gasteiger partial charge in [-0.25, -0.2) is 4.79 Å². The molecule has 0 aromatic carbocycles. The number of nitrogens with one attached hydrogen (secondary N) is 1. The van der Waals surface area contributed by atoms with Crippen LogP contribution < -0.4 is 5.32 Å². The van der Waals surface area contributed by atoms with Crippen molar-refractivity contribution in [1.82, 2.24) is 15.3 Å². The first-order valence-corrected chi connectivity index (χ1v) is 7.40. The number of hydrogen-bond acceptors (Lipinski definition) is 6. The van der Waals surface area contributed by atoms with Gasteiger partial charge in [-0.05, 0) is 6.42 Å². The van der Waals surface area contributed by atoms with Gasteiger partial charge in [0.05, 0.1) is 12.1 Å². The molecule has 9 heteroatoms. The maximum Gasteiger partial charge on any atom is 0.334 e. The van der Waals surface area contributed by atoms with Gasteiger partial charge in [0.2, 0.25) is 5.91 Å². The molecular weight excluding hydrogens is 318 g/mol. The summed E-state index contributed by atoms with van der Waals surface area (Å²) in [5.74, 6) is -2.30. The van der Waals surface area contributed by atoms with Crippen LogP contribution in [-0.4, -0.2) is 52.7 Å². The Morgan fingerprint density at radius 1 is 1.12 bits per heavy atom. The van der Waals surface area contributed by atoms with E-state index in [9.17, 15) is 24.0 Å². The first kappa shape index (κ1) is 17.4. The van der Waals surface area contributed by atoms with E-state index in [2.05, 4.69) is 11.9 Å². The third-order valence-corrected chi connectivity index (χ3v) is 3.45. The molecule has 1 saturated heterocycles. The Balaban J connectivity index is 1.63. The second kappa shape index (κ2) is 7.53. The lowest BCUT2D eigenvalue weighted by molar-refractivity contribution is -0.186. The Bertz CT molecular complexity index is 605. The van der Waals surface area contributed by atoms with Gasteiger partial charge in [0.1, 0.15) is 0 Å². The monoisotopic (exact) mass is 335 g/mol. The van der Waals surface area contributed by atoms with E-state index < -0.39 is 23.7 Å². The van der Waals surface area contributed by atoms with Gasteiger partial charge in [0.25, 0.3) is 17.7 Å². The number of imide groups is 1. The molecule has 2 aliphatic heterocycles. The van der Waals surface area contributed by atoms with E-state index in [1.54, 1.807) is 0 Å². The molecule has 2 aliphatic rings. The highest BCUT2D eigenvalue weighted by atomic mass is 16.7. The van der Waals surface area contributed by atoms with E-state index >= 15 is 0 Å². The average molecular weight is 335 g/mol. The van der Waals surface area contributed by atoms with Crippen LogP contribution in [-0.2, 0) is 28.8 Å². The van der Waals surface area contributed by atoms with Crippen molar-refractivity contribution in [2.75, 3.05) is 13.1 Å². The van der Waals surface area contributed by atoms with Gasteiger partial charge in [-0.2, -0.15) is 0 Å². The van der Waals surface area contributed by atoms with E-state index in [1.165, 1.54) is 0 Å². The molecule has 1 fully saturated rings. The second-order valence-electron chi connectivity index (χ2n) is 5.23. The topological polar surface area (TPSA) is 113 Å². The molecule has 24 heavy (non-hydrogen) atoms. The lowest BCUT2D eigenvalue weighted by Crippen LogP contribution is -2.35. The normalized spacial score (nSPS) is 17.0. The van der Waals surface area contributed by atoms with Crippen LogP contribution in [0.25, 0.3) is 0 Å². The molecule has 0 aromatic rings. The summed E-state index contributed by atoms with van der Waals surface area (Å²) in [6, 6.07) is 0. The molecule has 0 spiro atoms. The number of rotatable bonds is 7. The van der Waals surface area contributed by atoms with Gasteiger partial charge in [-0.3, -0.25) is 24.1 Å². The van der Waals surface area contributed by atoms with E-state index in [1.807, 2.05) is 0 Å². The largest absolute Gasteiger partial charge is 0.355 e.